The molecule has 1 saturated heterocycles. The molecule has 1 aliphatic rings. The minimum Gasteiger partial charge on any atom is -0.273 e. The van der Waals surface area contributed by atoms with Crippen LogP contribution >= 0.6 is 0 Å². The summed E-state index contributed by atoms with van der Waals surface area (Å²) in [5.74, 6) is 0.307. The lowest BCUT2D eigenvalue weighted by Crippen LogP contribution is -2.44. The van der Waals surface area contributed by atoms with Gasteiger partial charge in [-0.25, -0.2) is 0 Å². The second-order valence-corrected chi connectivity index (χ2v) is 5.38. The van der Waals surface area contributed by atoms with E-state index in [4.69, 9.17) is 0 Å². The van der Waals surface area contributed by atoms with Gasteiger partial charge in [0.25, 0.3) is 5.91 Å². The van der Waals surface area contributed by atoms with Crippen LogP contribution in [0.25, 0.3) is 0 Å². The molecule has 108 valence electrons. The van der Waals surface area contributed by atoms with Gasteiger partial charge in [-0.2, -0.15) is 0 Å². The highest BCUT2D eigenvalue weighted by atomic mass is 16.2. The number of amides is 2. The Morgan fingerprint density at radius 1 is 1.35 bits per heavy atom. The van der Waals surface area contributed by atoms with Gasteiger partial charge in [0.15, 0.2) is 0 Å². The molecule has 0 saturated carbocycles. The van der Waals surface area contributed by atoms with Crippen molar-refractivity contribution >= 4 is 11.8 Å². The Hall–Kier alpha value is -1.84. The Labute approximate surface area is 120 Å². The van der Waals surface area contributed by atoms with Gasteiger partial charge < -0.3 is 0 Å². The minimum atomic E-state index is -0.130. The van der Waals surface area contributed by atoms with E-state index in [2.05, 4.69) is 6.92 Å². The van der Waals surface area contributed by atoms with Gasteiger partial charge in [-0.1, -0.05) is 38.0 Å². The van der Waals surface area contributed by atoms with Crippen LogP contribution in [0, 0.1) is 5.92 Å². The lowest BCUT2D eigenvalue weighted by molar-refractivity contribution is -0.137. The number of carbonyl (C=O) groups is 2. The van der Waals surface area contributed by atoms with Crippen molar-refractivity contribution in [3.05, 3.63) is 35.9 Å². The molecule has 1 atom stereocenters. The highest BCUT2D eigenvalue weighted by Crippen LogP contribution is 2.24. The zero-order valence-electron chi connectivity index (χ0n) is 12.2. The third-order valence-corrected chi connectivity index (χ3v) is 3.83. The number of rotatable bonds is 5. The summed E-state index contributed by atoms with van der Waals surface area (Å²) in [4.78, 5) is 24.4. The number of nitrogens with zero attached hydrogens (tertiary/aromatic N) is 2. The molecule has 0 aromatic heterocycles. The summed E-state index contributed by atoms with van der Waals surface area (Å²) in [6.07, 6.45) is 3.91. The van der Waals surface area contributed by atoms with Crippen LogP contribution in [0.2, 0.25) is 0 Å². The number of hydrogen-bond acceptors (Lipinski definition) is 2. The van der Waals surface area contributed by atoms with Crippen molar-refractivity contribution in [1.82, 2.24) is 10.0 Å². The van der Waals surface area contributed by atoms with E-state index < -0.39 is 0 Å². The van der Waals surface area contributed by atoms with E-state index in [1.54, 1.807) is 24.2 Å². The highest BCUT2D eigenvalue weighted by molar-refractivity contribution is 5.95. The van der Waals surface area contributed by atoms with Crippen molar-refractivity contribution in [2.75, 3.05) is 13.6 Å². The van der Waals surface area contributed by atoms with Crippen LogP contribution in [0.3, 0.4) is 0 Å². The van der Waals surface area contributed by atoms with Gasteiger partial charge in [0, 0.05) is 25.6 Å². The van der Waals surface area contributed by atoms with Crippen LogP contribution in [-0.4, -0.2) is 35.4 Å². The topological polar surface area (TPSA) is 40.6 Å². The Balaban J connectivity index is 2.00. The van der Waals surface area contributed by atoms with Gasteiger partial charge in [0.1, 0.15) is 0 Å². The van der Waals surface area contributed by atoms with Gasteiger partial charge >= 0.3 is 0 Å². The zero-order valence-corrected chi connectivity index (χ0v) is 12.2. The van der Waals surface area contributed by atoms with Crippen LogP contribution in [0.4, 0.5) is 0 Å². The van der Waals surface area contributed by atoms with Crippen molar-refractivity contribution in [2.24, 2.45) is 5.92 Å². The van der Waals surface area contributed by atoms with Crippen LogP contribution in [0.15, 0.2) is 30.3 Å². The van der Waals surface area contributed by atoms with Gasteiger partial charge in [0.2, 0.25) is 5.91 Å². The van der Waals surface area contributed by atoms with Crippen molar-refractivity contribution in [1.29, 1.82) is 0 Å². The van der Waals surface area contributed by atoms with Crippen molar-refractivity contribution < 1.29 is 9.59 Å². The monoisotopic (exact) mass is 274 g/mol. The zero-order chi connectivity index (χ0) is 14.5. The summed E-state index contributed by atoms with van der Waals surface area (Å²) in [5.41, 5.74) is 0.611. The summed E-state index contributed by atoms with van der Waals surface area (Å²) in [6, 6.07) is 9.08. The number of hydrogen-bond donors (Lipinski definition) is 0. The second-order valence-electron chi connectivity index (χ2n) is 5.38. The Bertz CT molecular complexity index is 473. The first-order valence-electron chi connectivity index (χ1n) is 7.26. The molecule has 1 unspecified atom stereocenters. The highest BCUT2D eigenvalue weighted by Gasteiger charge is 2.33. The molecule has 1 heterocycles. The molecular weight excluding hydrogens is 252 g/mol. The molecule has 1 aromatic rings. The third kappa shape index (κ3) is 3.18. The fourth-order valence-corrected chi connectivity index (χ4v) is 2.62. The van der Waals surface area contributed by atoms with Crippen molar-refractivity contribution in [3.8, 4) is 0 Å². The first kappa shape index (κ1) is 14.6. The average molecular weight is 274 g/mol. The van der Waals surface area contributed by atoms with E-state index in [-0.39, 0.29) is 11.8 Å². The molecule has 0 N–H and O–H groups in total. The Kier molecular flexibility index (Phi) is 4.77. The maximum Gasteiger partial charge on any atom is 0.272 e. The normalized spacial score (nSPS) is 18.4. The van der Waals surface area contributed by atoms with E-state index >= 15 is 0 Å². The van der Waals surface area contributed by atoms with Crippen LogP contribution in [-0.2, 0) is 4.79 Å². The first-order chi connectivity index (χ1) is 9.63. The van der Waals surface area contributed by atoms with E-state index in [0.29, 0.717) is 24.4 Å². The molecule has 0 bridgehead atoms. The quantitative estimate of drug-likeness (QED) is 0.828. The maximum absolute atomic E-state index is 12.3. The largest absolute Gasteiger partial charge is 0.273 e. The summed E-state index contributed by atoms with van der Waals surface area (Å²) >= 11 is 0. The van der Waals surface area contributed by atoms with E-state index in [1.807, 2.05) is 18.2 Å². The molecule has 4 nitrogen and oxygen atoms in total. The Morgan fingerprint density at radius 2 is 2.05 bits per heavy atom. The number of hydrazine groups is 1. The fraction of sp³-hybridized carbons (Fsp3) is 0.500. The molecule has 20 heavy (non-hydrogen) atoms. The lowest BCUT2D eigenvalue weighted by Gasteiger charge is -2.28. The van der Waals surface area contributed by atoms with E-state index in [0.717, 1.165) is 19.3 Å². The molecule has 0 aliphatic carbocycles. The second kappa shape index (κ2) is 6.55. The SMILES string of the molecule is CCCCC1CC(=O)N(N(C)C(=O)c2ccccc2)C1. The minimum absolute atomic E-state index is 0.0536. The number of benzene rings is 1. The van der Waals surface area contributed by atoms with Crippen molar-refractivity contribution in [2.45, 2.75) is 32.6 Å². The third-order valence-electron chi connectivity index (χ3n) is 3.83. The lowest BCUT2D eigenvalue weighted by atomic mass is 10.0. The van der Waals surface area contributed by atoms with Crippen molar-refractivity contribution in [3.63, 3.8) is 0 Å². The smallest absolute Gasteiger partial charge is 0.272 e. The summed E-state index contributed by atoms with van der Waals surface area (Å²) in [5, 5.41) is 3.05. The maximum atomic E-state index is 12.3. The predicted molar refractivity (Wildman–Crippen MR) is 77.9 cm³/mol. The molecule has 1 aliphatic heterocycles. The van der Waals surface area contributed by atoms with Gasteiger partial charge in [-0.05, 0) is 24.5 Å². The predicted octanol–water partition coefficient (Wildman–Crippen LogP) is 2.71. The summed E-state index contributed by atoms with van der Waals surface area (Å²) in [6.45, 7) is 2.81. The van der Waals surface area contributed by atoms with E-state index in [9.17, 15) is 9.59 Å². The molecule has 1 aromatic carbocycles. The average Bonchev–Trinajstić information content (AvgIpc) is 2.85. The molecule has 0 spiro atoms. The summed E-state index contributed by atoms with van der Waals surface area (Å²) < 4.78 is 0. The van der Waals surface area contributed by atoms with Gasteiger partial charge in [-0.15, -0.1) is 0 Å². The molecule has 2 rings (SSSR count). The molecule has 2 amide bonds. The number of unbranched alkanes of at least 4 members (excludes halogenated alkanes) is 1. The molecule has 1 fully saturated rings. The Morgan fingerprint density at radius 3 is 2.70 bits per heavy atom. The van der Waals surface area contributed by atoms with Crippen LogP contribution < -0.4 is 0 Å². The first-order valence-corrected chi connectivity index (χ1v) is 7.26. The fourth-order valence-electron chi connectivity index (χ4n) is 2.62. The summed E-state index contributed by atoms with van der Waals surface area (Å²) in [7, 11) is 1.68. The standard InChI is InChI=1S/C16H22N2O2/c1-3-4-8-13-11-15(19)18(12-13)17(2)16(20)14-9-6-5-7-10-14/h5-7,9-10,13H,3-4,8,11-12H2,1-2H3. The molecular formula is C16H22N2O2. The number of carbonyl (C=O) groups excluding carboxylic acids is 2. The van der Waals surface area contributed by atoms with Gasteiger partial charge in [0.05, 0.1) is 0 Å². The van der Waals surface area contributed by atoms with Crippen LogP contribution in [0.5, 0.6) is 0 Å². The van der Waals surface area contributed by atoms with Crippen LogP contribution in [0.1, 0.15) is 43.0 Å². The molecule has 0 radical (unpaired) electrons. The molecule has 4 heteroatoms. The van der Waals surface area contributed by atoms with E-state index in [1.165, 1.54) is 5.01 Å². The van der Waals surface area contributed by atoms with Gasteiger partial charge in [-0.3, -0.25) is 19.6 Å².